The van der Waals surface area contributed by atoms with E-state index in [1.165, 1.54) is 18.4 Å². The Morgan fingerprint density at radius 2 is 2.19 bits per heavy atom. The molecule has 136 valence electrons. The highest BCUT2D eigenvalue weighted by molar-refractivity contribution is 7.20. The molecule has 0 bridgehead atoms. The SMILES string of the molecule is CCNC(=O)c1cc2c(C(c3cccc(Cl)c3)N(C)O)nc(N)nc2s1. The van der Waals surface area contributed by atoms with Gasteiger partial charge in [0.15, 0.2) is 0 Å². The van der Waals surface area contributed by atoms with Crippen LogP contribution in [0.15, 0.2) is 30.3 Å². The number of hydrogen-bond acceptors (Lipinski definition) is 7. The Kier molecular flexibility index (Phi) is 5.38. The standard InChI is InChI=1S/C17H18ClN5O2S/c1-3-20-15(24)12-8-11-13(21-17(19)22-16(11)26-12)14(23(2)25)9-5-4-6-10(18)7-9/h4-8,14,25H,3H2,1-2H3,(H,20,24)(H2,19,21,22). The molecule has 2 heterocycles. The van der Waals surface area contributed by atoms with Crippen LogP contribution < -0.4 is 11.1 Å². The van der Waals surface area contributed by atoms with Crippen LogP contribution in [0.5, 0.6) is 0 Å². The third kappa shape index (κ3) is 3.63. The molecule has 0 fully saturated rings. The van der Waals surface area contributed by atoms with Crippen molar-refractivity contribution < 1.29 is 10.0 Å². The number of nitrogens with one attached hydrogen (secondary N) is 1. The zero-order valence-corrected chi connectivity index (χ0v) is 15.8. The summed E-state index contributed by atoms with van der Waals surface area (Å²) in [6, 6.07) is 8.24. The van der Waals surface area contributed by atoms with E-state index in [-0.39, 0.29) is 11.9 Å². The number of amides is 1. The van der Waals surface area contributed by atoms with Crippen molar-refractivity contribution in [2.24, 2.45) is 0 Å². The highest BCUT2D eigenvalue weighted by atomic mass is 35.5. The number of nitrogens with zero attached hydrogens (tertiary/aromatic N) is 3. The van der Waals surface area contributed by atoms with Crippen molar-refractivity contribution in [3.8, 4) is 0 Å². The van der Waals surface area contributed by atoms with E-state index < -0.39 is 6.04 Å². The van der Waals surface area contributed by atoms with Crippen LogP contribution in [0.25, 0.3) is 10.2 Å². The van der Waals surface area contributed by atoms with E-state index in [0.717, 1.165) is 10.6 Å². The fourth-order valence-electron chi connectivity index (χ4n) is 2.76. The van der Waals surface area contributed by atoms with E-state index in [9.17, 15) is 10.0 Å². The first kappa shape index (κ1) is 18.5. The molecule has 0 aliphatic carbocycles. The van der Waals surface area contributed by atoms with Crippen molar-refractivity contribution in [1.82, 2.24) is 20.3 Å². The summed E-state index contributed by atoms with van der Waals surface area (Å²) in [6.45, 7) is 2.38. The smallest absolute Gasteiger partial charge is 0.261 e. The molecule has 1 atom stereocenters. The van der Waals surface area contributed by atoms with Crippen molar-refractivity contribution in [1.29, 1.82) is 0 Å². The van der Waals surface area contributed by atoms with E-state index in [1.54, 1.807) is 24.3 Å². The molecule has 0 saturated heterocycles. The van der Waals surface area contributed by atoms with Crippen molar-refractivity contribution >= 4 is 45.0 Å². The van der Waals surface area contributed by atoms with E-state index in [2.05, 4.69) is 15.3 Å². The Morgan fingerprint density at radius 3 is 2.85 bits per heavy atom. The Labute approximate surface area is 159 Å². The van der Waals surface area contributed by atoms with Gasteiger partial charge in [-0.05, 0) is 30.7 Å². The second-order valence-electron chi connectivity index (χ2n) is 5.69. The minimum Gasteiger partial charge on any atom is -0.368 e. The maximum absolute atomic E-state index is 12.2. The van der Waals surface area contributed by atoms with Gasteiger partial charge >= 0.3 is 0 Å². The summed E-state index contributed by atoms with van der Waals surface area (Å²) >= 11 is 7.33. The van der Waals surface area contributed by atoms with Crippen LogP contribution in [0.1, 0.15) is 33.9 Å². The number of fused-ring (bicyclic) bond motifs is 1. The zero-order chi connectivity index (χ0) is 18.8. The molecule has 26 heavy (non-hydrogen) atoms. The predicted molar refractivity (Wildman–Crippen MR) is 103 cm³/mol. The average molecular weight is 392 g/mol. The molecule has 0 spiro atoms. The maximum atomic E-state index is 12.2. The normalized spacial score (nSPS) is 12.5. The van der Waals surface area contributed by atoms with Crippen LogP contribution in [0.2, 0.25) is 5.02 Å². The van der Waals surface area contributed by atoms with Gasteiger partial charge in [0, 0.05) is 24.0 Å². The Bertz CT molecular complexity index is 959. The predicted octanol–water partition coefficient (Wildman–Crippen LogP) is 3.09. The first-order valence-corrected chi connectivity index (χ1v) is 9.12. The second-order valence-corrected chi connectivity index (χ2v) is 7.15. The number of hydroxylamine groups is 2. The van der Waals surface area contributed by atoms with Crippen molar-refractivity contribution in [3.63, 3.8) is 0 Å². The number of carbonyl (C=O) groups excluding carboxylic acids is 1. The summed E-state index contributed by atoms with van der Waals surface area (Å²) in [5, 5.41) is 15.3. The molecular weight excluding hydrogens is 374 g/mol. The van der Waals surface area contributed by atoms with Crippen LogP contribution in [0.3, 0.4) is 0 Å². The number of halogens is 1. The van der Waals surface area contributed by atoms with Crippen LogP contribution in [-0.4, -0.2) is 39.7 Å². The lowest BCUT2D eigenvalue weighted by atomic mass is 10.0. The van der Waals surface area contributed by atoms with Crippen molar-refractivity contribution in [2.75, 3.05) is 19.3 Å². The third-order valence-electron chi connectivity index (χ3n) is 3.80. The average Bonchev–Trinajstić information content (AvgIpc) is 2.99. The van der Waals surface area contributed by atoms with Crippen LogP contribution >= 0.6 is 22.9 Å². The first-order chi connectivity index (χ1) is 12.4. The van der Waals surface area contributed by atoms with Crippen LogP contribution in [0.4, 0.5) is 5.95 Å². The molecule has 3 rings (SSSR count). The van der Waals surface area contributed by atoms with E-state index in [0.29, 0.717) is 32.4 Å². The third-order valence-corrected chi connectivity index (χ3v) is 5.06. The number of aromatic nitrogens is 2. The van der Waals surface area contributed by atoms with Gasteiger partial charge in [-0.1, -0.05) is 23.7 Å². The van der Waals surface area contributed by atoms with Gasteiger partial charge in [0.2, 0.25) is 5.95 Å². The highest BCUT2D eigenvalue weighted by Crippen LogP contribution is 2.35. The van der Waals surface area contributed by atoms with Gasteiger partial charge in [0.1, 0.15) is 10.9 Å². The number of thiophene rings is 1. The molecule has 1 amide bonds. The minimum atomic E-state index is -0.613. The minimum absolute atomic E-state index is 0.0747. The molecular formula is C17H18ClN5O2S. The van der Waals surface area contributed by atoms with E-state index in [4.69, 9.17) is 17.3 Å². The molecule has 7 nitrogen and oxygen atoms in total. The van der Waals surface area contributed by atoms with E-state index in [1.807, 2.05) is 13.0 Å². The molecule has 1 unspecified atom stereocenters. The Morgan fingerprint density at radius 1 is 1.42 bits per heavy atom. The summed E-state index contributed by atoms with van der Waals surface area (Å²) in [6.07, 6.45) is 0. The Hall–Kier alpha value is -2.26. The number of carbonyl (C=O) groups is 1. The van der Waals surface area contributed by atoms with Gasteiger partial charge in [0.05, 0.1) is 10.6 Å². The number of nitrogens with two attached hydrogens (primary N) is 1. The number of nitrogen functional groups attached to an aromatic ring is 1. The van der Waals surface area contributed by atoms with Gasteiger partial charge in [-0.3, -0.25) is 4.79 Å². The van der Waals surface area contributed by atoms with E-state index >= 15 is 0 Å². The summed E-state index contributed by atoms with van der Waals surface area (Å²) in [7, 11) is 1.52. The molecule has 3 aromatic rings. The fourth-order valence-corrected chi connectivity index (χ4v) is 3.92. The van der Waals surface area contributed by atoms with Crippen LogP contribution in [0, 0.1) is 0 Å². The highest BCUT2D eigenvalue weighted by Gasteiger charge is 2.25. The molecule has 0 aliphatic heterocycles. The fraction of sp³-hybridized carbons (Fsp3) is 0.235. The summed E-state index contributed by atoms with van der Waals surface area (Å²) in [4.78, 5) is 21.8. The Balaban J connectivity index is 2.19. The molecule has 4 N–H and O–H groups in total. The summed E-state index contributed by atoms with van der Waals surface area (Å²) in [5.74, 6) is -0.109. The topological polar surface area (TPSA) is 104 Å². The van der Waals surface area contributed by atoms with Gasteiger partial charge in [-0.2, -0.15) is 5.06 Å². The molecule has 9 heteroatoms. The number of anilines is 1. The number of benzene rings is 1. The van der Waals surface area contributed by atoms with Gasteiger partial charge in [-0.15, -0.1) is 11.3 Å². The lowest BCUT2D eigenvalue weighted by Crippen LogP contribution is -2.23. The van der Waals surface area contributed by atoms with Crippen molar-refractivity contribution in [2.45, 2.75) is 13.0 Å². The lowest BCUT2D eigenvalue weighted by Gasteiger charge is -2.23. The van der Waals surface area contributed by atoms with Crippen molar-refractivity contribution in [3.05, 3.63) is 51.5 Å². The van der Waals surface area contributed by atoms with Crippen LogP contribution in [-0.2, 0) is 0 Å². The van der Waals surface area contributed by atoms with Gasteiger partial charge in [-0.25, -0.2) is 9.97 Å². The maximum Gasteiger partial charge on any atom is 0.261 e. The monoisotopic (exact) mass is 391 g/mol. The zero-order valence-electron chi connectivity index (χ0n) is 14.2. The number of rotatable bonds is 5. The van der Waals surface area contributed by atoms with Gasteiger partial charge in [0.25, 0.3) is 5.91 Å². The number of hydrogen-bond donors (Lipinski definition) is 3. The molecule has 0 aliphatic rings. The molecule has 2 aromatic heterocycles. The summed E-state index contributed by atoms with van der Waals surface area (Å²) in [5.41, 5.74) is 7.12. The molecule has 0 radical (unpaired) electrons. The lowest BCUT2D eigenvalue weighted by molar-refractivity contribution is -0.0922. The quantitative estimate of drug-likeness (QED) is 0.577. The van der Waals surface area contributed by atoms with Gasteiger partial charge < -0.3 is 16.3 Å². The largest absolute Gasteiger partial charge is 0.368 e. The first-order valence-electron chi connectivity index (χ1n) is 7.93. The second kappa shape index (κ2) is 7.55. The molecule has 0 saturated carbocycles. The summed E-state index contributed by atoms with van der Waals surface area (Å²) < 4.78 is 0. The molecule has 1 aromatic carbocycles.